The van der Waals surface area contributed by atoms with E-state index < -0.39 is 0 Å². The molecule has 3 rings (SSSR count). The van der Waals surface area contributed by atoms with Gasteiger partial charge in [-0.15, -0.1) is 0 Å². The van der Waals surface area contributed by atoms with E-state index in [2.05, 4.69) is 34.5 Å². The molecule has 142 valence electrons. The summed E-state index contributed by atoms with van der Waals surface area (Å²) in [5.74, 6) is 1.01. The molecular weight excluding hydrogens is 320 g/mol. The van der Waals surface area contributed by atoms with Crippen molar-refractivity contribution >= 4 is 16.7 Å². The predicted molar refractivity (Wildman–Crippen MR) is 115 cm³/mol. The first-order valence-corrected chi connectivity index (χ1v) is 9.74. The number of rotatable bonds is 4. The second-order valence-electron chi connectivity index (χ2n) is 5.82. The topological polar surface area (TPSA) is 53.1 Å². The van der Waals surface area contributed by atoms with Gasteiger partial charge in [0.05, 0.1) is 28.8 Å². The number of hydrogen-bond acceptors (Lipinski definition) is 3. The van der Waals surface area contributed by atoms with Gasteiger partial charge in [-0.1, -0.05) is 53.0 Å². The highest BCUT2D eigenvalue weighted by Crippen LogP contribution is 2.27. The first kappa shape index (κ1) is 21.8. The molecule has 0 saturated carbocycles. The van der Waals surface area contributed by atoms with E-state index in [1.54, 1.807) is 6.20 Å². The minimum atomic E-state index is 0.211. The van der Waals surface area contributed by atoms with Gasteiger partial charge < -0.3 is 4.98 Å². The zero-order chi connectivity index (χ0) is 19.5. The number of hydrogen-bond donors (Lipinski definition) is 2. The van der Waals surface area contributed by atoms with Crippen LogP contribution in [0.5, 0.6) is 0 Å². The lowest BCUT2D eigenvalue weighted by Crippen LogP contribution is -2.43. The van der Waals surface area contributed by atoms with Crippen LogP contribution in [-0.2, 0) is 0 Å². The lowest BCUT2D eigenvalue weighted by molar-refractivity contribution is 0.365. The van der Waals surface area contributed by atoms with Gasteiger partial charge >= 0.3 is 0 Å². The van der Waals surface area contributed by atoms with Crippen molar-refractivity contribution in [2.75, 3.05) is 0 Å². The third-order valence-electron chi connectivity index (χ3n) is 4.12. The van der Waals surface area contributed by atoms with Gasteiger partial charge in [0.15, 0.2) is 0 Å². The third kappa shape index (κ3) is 5.40. The quantitative estimate of drug-likeness (QED) is 0.666. The summed E-state index contributed by atoms with van der Waals surface area (Å²) in [6, 6.07) is 8.57. The van der Waals surface area contributed by atoms with E-state index in [4.69, 9.17) is 4.98 Å². The average molecular weight is 355 g/mol. The maximum Gasteiger partial charge on any atom is 0.124 e. The number of para-hydroxylation sites is 2. The van der Waals surface area contributed by atoms with E-state index in [1.807, 2.05) is 52.8 Å². The van der Waals surface area contributed by atoms with E-state index in [0.29, 0.717) is 0 Å². The normalized spacial score (nSPS) is 19.7. The zero-order valence-corrected chi connectivity index (χ0v) is 17.0. The number of piperidine rings is 1. The van der Waals surface area contributed by atoms with Crippen LogP contribution >= 0.6 is 0 Å². The summed E-state index contributed by atoms with van der Waals surface area (Å²) in [6.07, 6.45) is 4.88. The van der Waals surface area contributed by atoms with Crippen molar-refractivity contribution in [3.05, 3.63) is 55.0 Å². The van der Waals surface area contributed by atoms with Gasteiger partial charge in [-0.2, -0.15) is 0 Å². The number of benzene rings is 1. The highest BCUT2D eigenvalue weighted by molar-refractivity contribution is 6.03. The molecule has 1 aliphatic rings. The van der Waals surface area contributed by atoms with Crippen LogP contribution in [0.15, 0.2) is 54.2 Å². The van der Waals surface area contributed by atoms with Crippen molar-refractivity contribution in [2.24, 2.45) is 4.99 Å². The Morgan fingerprint density at radius 3 is 2.50 bits per heavy atom. The average Bonchev–Trinajstić information content (AvgIpc) is 3.13. The number of aromatic nitrogens is 2. The highest BCUT2D eigenvalue weighted by atomic mass is 15.1. The van der Waals surface area contributed by atoms with Crippen molar-refractivity contribution in [2.45, 2.75) is 66.0 Å². The molecule has 0 spiro atoms. The van der Waals surface area contributed by atoms with Gasteiger partial charge in [0.2, 0.25) is 0 Å². The first-order valence-electron chi connectivity index (χ1n) is 9.74. The maximum atomic E-state index is 4.72. The molecule has 1 aliphatic heterocycles. The molecule has 0 radical (unpaired) electrons. The second kappa shape index (κ2) is 11.4. The van der Waals surface area contributed by atoms with Crippen LogP contribution in [-0.4, -0.2) is 21.7 Å². The molecule has 4 heteroatoms. The number of nitrogens with one attached hydrogen (secondary N) is 2. The van der Waals surface area contributed by atoms with Crippen molar-refractivity contribution in [1.82, 2.24) is 15.3 Å². The number of imidazole rings is 1. The van der Waals surface area contributed by atoms with Gasteiger partial charge in [0, 0.05) is 6.20 Å². The molecule has 2 atom stereocenters. The zero-order valence-electron chi connectivity index (χ0n) is 17.0. The maximum absolute atomic E-state index is 4.72. The molecule has 2 heterocycles. The molecule has 1 aromatic heterocycles. The third-order valence-corrected chi connectivity index (χ3v) is 4.12. The van der Waals surface area contributed by atoms with Gasteiger partial charge in [-0.3, -0.25) is 10.3 Å². The van der Waals surface area contributed by atoms with Gasteiger partial charge in [-0.25, -0.2) is 4.98 Å². The fourth-order valence-electron chi connectivity index (χ4n) is 3.10. The van der Waals surface area contributed by atoms with E-state index in [0.717, 1.165) is 47.4 Å². The van der Waals surface area contributed by atoms with E-state index in [-0.39, 0.29) is 12.1 Å². The molecule has 0 aliphatic carbocycles. The Morgan fingerprint density at radius 1 is 1.19 bits per heavy atom. The molecule has 0 amide bonds. The predicted octanol–water partition coefficient (Wildman–Crippen LogP) is 5.96. The number of nitrogens with zero attached hydrogens (tertiary/aromatic N) is 2. The van der Waals surface area contributed by atoms with Crippen LogP contribution in [0.3, 0.4) is 0 Å². The van der Waals surface area contributed by atoms with Crippen LogP contribution in [0.1, 0.15) is 65.7 Å². The Morgan fingerprint density at radius 2 is 1.88 bits per heavy atom. The van der Waals surface area contributed by atoms with Gasteiger partial charge in [0.1, 0.15) is 5.82 Å². The Balaban J connectivity index is 0.000000791. The Hall–Kier alpha value is -2.20. The number of fused-ring (bicyclic) bond motifs is 1. The SMILES string of the molecule is C=CN=C(C(=C)C)C1CCCC(c2nc3ccccc3[nH]2)N1.CC.CC. The molecule has 2 aromatic rings. The van der Waals surface area contributed by atoms with Gasteiger partial charge in [-0.05, 0) is 43.9 Å². The minimum absolute atomic E-state index is 0.211. The summed E-state index contributed by atoms with van der Waals surface area (Å²) in [6.45, 7) is 17.7. The summed E-state index contributed by atoms with van der Waals surface area (Å²) in [4.78, 5) is 12.6. The number of aromatic amines is 1. The Bertz CT molecular complexity index is 694. The monoisotopic (exact) mass is 354 g/mol. The molecule has 2 unspecified atom stereocenters. The van der Waals surface area contributed by atoms with Crippen LogP contribution in [0, 0.1) is 0 Å². The summed E-state index contributed by atoms with van der Waals surface area (Å²) in [5, 5.41) is 3.66. The van der Waals surface area contributed by atoms with Crippen molar-refractivity contribution < 1.29 is 0 Å². The second-order valence-corrected chi connectivity index (χ2v) is 5.82. The standard InChI is InChI=1S/C18H22N4.2C2H6/c1-4-19-17(12(2)3)15-10-7-11-16(20-15)18-21-13-8-5-6-9-14(13)22-18;2*1-2/h4-6,8-9,15-16,20H,1-2,7,10-11H2,3H3,(H,21,22);2*1-2H3. The van der Waals surface area contributed by atoms with Crippen LogP contribution < -0.4 is 5.32 Å². The molecule has 1 aromatic carbocycles. The smallest absolute Gasteiger partial charge is 0.124 e. The fourth-order valence-corrected chi connectivity index (χ4v) is 3.10. The van der Waals surface area contributed by atoms with Crippen LogP contribution in [0.4, 0.5) is 0 Å². The summed E-state index contributed by atoms with van der Waals surface area (Å²) >= 11 is 0. The van der Waals surface area contributed by atoms with Crippen molar-refractivity contribution in [3.8, 4) is 0 Å². The summed E-state index contributed by atoms with van der Waals surface area (Å²) in [7, 11) is 0. The van der Waals surface area contributed by atoms with Crippen molar-refractivity contribution in [3.63, 3.8) is 0 Å². The molecule has 0 bridgehead atoms. The highest BCUT2D eigenvalue weighted by Gasteiger charge is 2.27. The van der Waals surface area contributed by atoms with Crippen molar-refractivity contribution in [1.29, 1.82) is 0 Å². The van der Waals surface area contributed by atoms with Crippen LogP contribution in [0.25, 0.3) is 11.0 Å². The molecule has 2 N–H and O–H groups in total. The Kier molecular flexibility index (Phi) is 9.60. The fraction of sp³-hybridized carbons (Fsp3) is 0.455. The van der Waals surface area contributed by atoms with E-state index in [1.165, 1.54) is 0 Å². The van der Waals surface area contributed by atoms with E-state index >= 15 is 0 Å². The minimum Gasteiger partial charge on any atom is -0.341 e. The summed E-state index contributed by atoms with van der Waals surface area (Å²) < 4.78 is 0. The number of H-pyrrole nitrogens is 1. The molecule has 1 fully saturated rings. The summed E-state index contributed by atoms with van der Waals surface area (Å²) in [5.41, 5.74) is 4.08. The first-order chi connectivity index (χ1) is 12.7. The number of aliphatic imine (C=N–C) groups is 1. The Labute approximate surface area is 158 Å². The lowest BCUT2D eigenvalue weighted by Gasteiger charge is -2.31. The largest absolute Gasteiger partial charge is 0.341 e. The molecule has 4 nitrogen and oxygen atoms in total. The molecular formula is C22H34N4. The lowest BCUT2D eigenvalue weighted by atomic mass is 9.92. The molecule has 1 saturated heterocycles. The van der Waals surface area contributed by atoms with E-state index in [9.17, 15) is 0 Å². The van der Waals surface area contributed by atoms with Gasteiger partial charge in [0.25, 0.3) is 0 Å². The molecule has 26 heavy (non-hydrogen) atoms. The van der Waals surface area contributed by atoms with Crippen LogP contribution in [0.2, 0.25) is 0 Å².